The van der Waals surface area contributed by atoms with Crippen LogP contribution in [0.25, 0.3) is 33.1 Å². The number of benzene rings is 4. The fourth-order valence-electron chi connectivity index (χ4n) is 3.56. The second kappa shape index (κ2) is 6.20. The van der Waals surface area contributed by atoms with Gasteiger partial charge in [-0.2, -0.15) is 0 Å². The van der Waals surface area contributed by atoms with Crippen LogP contribution in [0, 0.1) is 0 Å². The van der Waals surface area contributed by atoms with Crippen LogP contribution in [0.3, 0.4) is 0 Å². The molecule has 0 aliphatic carbocycles. The Balaban J connectivity index is 1.46. The molecule has 1 heteroatoms. The summed E-state index contributed by atoms with van der Waals surface area (Å²) in [4.78, 5) is 0. The number of para-hydroxylation sites is 1. The fourth-order valence-corrected chi connectivity index (χ4v) is 3.56. The Morgan fingerprint density at radius 3 is 2.00 bits per heavy atom. The van der Waals surface area contributed by atoms with E-state index in [0.717, 1.165) is 17.6 Å². The molecule has 0 fully saturated rings. The summed E-state index contributed by atoms with van der Waals surface area (Å²) >= 11 is 0. The normalized spacial score (nSPS) is 11.2. The van der Waals surface area contributed by atoms with Crippen LogP contribution in [-0.4, -0.2) is 0 Å². The lowest BCUT2D eigenvalue weighted by atomic mass is 9.99. The van der Waals surface area contributed by atoms with Crippen molar-refractivity contribution in [3.05, 3.63) is 108 Å². The Labute approximate surface area is 152 Å². The van der Waals surface area contributed by atoms with E-state index in [1.165, 1.54) is 33.0 Å². The monoisotopic (exact) mass is 334 g/mol. The zero-order valence-electron chi connectivity index (χ0n) is 14.4. The minimum Gasteiger partial charge on any atom is -0.456 e. The highest BCUT2D eigenvalue weighted by Crippen LogP contribution is 2.30. The second-order valence-corrected chi connectivity index (χ2v) is 6.67. The van der Waals surface area contributed by atoms with E-state index in [-0.39, 0.29) is 0 Å². The molecule has 5 rings (SSSR count). The quantitative estimate of drug-likeness (QED) is 0.352. The molecule has 0 aliphatic rings. The molecule has 0 aliphatic heterocycles. The predicted octanol–water partition coefficient (Wildman–Crippen LogP) is 6.84. The Hall–Kier alpha value is -3.32. The van der Waals surface area contributed by atoms with Crippen molar-refractivity contribution >= 4 is 21.9 Å². The highest BCUT2D eigenvalue weighted by atomic mass is 16.3. The number of fused-ring (bicyclic) bond motifs is 3. The molecule has 124 valence electrons. The molecular weight excluding hydrogens is 316 g/mol. The first kappa shape index (κ1) is 15.0. The van der Waals surface area contributed by atoms with E-state index in [1.54, 1.807) is 0 Å². The van der Waals surface area contributed by atoms with E-state index < -0.39 is 0 Å². The van der Waals surface area contributed by atoms with Crippen molar-refractivity contribution in [2.24, 2.45) is 0 Å². The van der Waals surface area contributed by atoms with Crippen molar-refractivity contribution in [1.29, 1.82) is 0 Å². The van der Waals surface area contributed by atoms with Crippen LogP contribution in [0.2, 0.25) is 0 Å². The molecule has 0 radical (unpaired) electrons. The van der Waals surface area contributed by atoms with Crippen LogP contribution in [0.4, 0.5) is 0 Å². The summed E-state index contributed by atoms with van der Waals surface area (Å²) in [7, 11) is 0. The van der Waals surface area contributed by atoms with Crippen molar-refractivity contribution in [2.75, 3.05) is 0 Å². The maximum Gasteiger partial charge on any atom is 0.135 e. The Morgan fingerprint density at radius 2 is 1.15 bits per heavy atom. The Bertz CT molecular complexity index is 1180. The standard InChI is InChI=1S/C25H18O/c1-2-6-20(7-3-1)21-13-10-18(11-14-21)16-19-12-15-25-23(17-19)22-8-4-5-9-24(22)26-25/h1-15,17H,16H2. The van der Waals surface area contributed by atoms with Gasteiger partial charge in [-0.05, 0) is 46.9 Å². The van der Waals surface area contributed by atoms with Gasteiger partial charge in [-0.15, -0.1) is 0 Å². The minimum atomic E-state index is 0.921. The zero-order valence-corrected chi connectivity index (χ0v) is 14.4. The summed E-state index contributed by atoms with van der Waals surface area (Å²) in [6, 6.07) is 34.1. The molecule has 4 aromatic carbocycles. The van der Waals surface area contributed by atoms with Gasteiger partial charge in [0.2, 0.25) is 0 Å². The molecule has 0 spiro atoms. The van der Waals surface area contributed by atoms with Gasteiger partial charge in [0.15, 0.2) is 0 Å². The van der Waals surface area contributed by atoms with E-state index in [1.807, 2.05) is 18.2 Å². The molecule has 26 heavy (non-hydrogen) atoms. The third-order valence-corrected chi connectivity index (χ3v) is 4.91. The summed E-state index contributed by atoms with van der Waals surface area (Å²) < 4.78 is 5.92. The van der Waals surface area contributed by atoms with Gasteiger partial charge in [0.1, 0.15) is 11.2 Å². The first-order valence-electron chi connectivity index (χ1n) is 8.91. The summed E-state index contributed by atoms with van der Waals surface area (Å²) in [5, 5.41) is 2.38. The Kier molecular flexibility index (Phi) is 3.57. The smallest absolute Gasteiger partial charge is 0.135 e. The zero-order chi connectivity index (χ0) is 17.3. The molecule has 0 saturated heterocycles. The van der Waals surface area contributed by atoms with E-state index in [4.69, 9.17) is 4.42 Å². The van der Waals surface area contributed by atoms with Crippen LogP contribution >= 0.6 is 0 Å². The molecule has 1 heterocycles. The van der Waals surface area contributed by atoms with Crippen LogP contribution in [0.15, 0.2) is 101 Å². The molecule has 5 aromatic rings. The molecule has 0 unspecified atom stereocenters. The van der Waals surface area contributed by atoms with Crippen molar-refractivity contribution in [3.63, 3.8) is 0 Å². The fraction of sp³-hybridized carbons (Fsp3) is 0.0400. The lowest BCUT2D eigenvalue weighted by Gasteiger charge is -2.05. The molecule has 1 nitrogen and oxygen atoms in total. The summed E-state index contributed by atoms with van der Waals surface area (Å²) in [6.45, 7) is 0. The topological polar surface area (TPSA) is 13.1 Å². The minimum absolute atomic E-state index is 0.921. The molecule has 0 N–H and O–H groups in total. The average Bonchev–Trinajstić information content (AvgIpc) is 3.07. The first-order chi connectivity index (χ1) is 12.9. The van der Waals surface area contributed by atoms with E-state index in [9.17, 15) is 0 Å². The number of hydrogen-bond acceptors (Lipinski definition) is 1. The second-order valence-electron chi connectivity index (χ2n) is 6.67. The van der Waals surface area contributed by atoms with Gasteiger partial charge in [-0.1, -0.05) is 78.9 Å². The first-order valence-corrected chi connectivity index (χ1v) is 8.91. The Morgan fingerprint density at radius 1 is 0.500 bits per heavy atom. The summed E-state index contributed by atoms with van der Waals surface area (Å²) in [6.07, 6.45) is 0.921. The van der Waals surface area contributed by atoms with Crippen LogP contribution in [0.5, 0.6) is 0 Å². The van der Waals surface area contributed by atoms with Gasteiger partial charge >= 0.3 is 0 Å². The molecule has 1 aromatic heterocycles. The third-order valence-electron chi connectivity index (χ3n) is 4.91. The number of furan rings is 1. The van der Waals surface area contributed by atoms with Gasteiger partial charge < -0.3 is 4.42 Å². The summed E-state index contributed by atoms with van der Waals surface area (Å²) in [5.74, 6) is 0. The van der Waals surface area contributed by atoms with E-state index in [2.05, 4.69) is 78.9 Å². The molecule has 0 atom stereocenters. The van der Waals surface area contributed by atoms with Crippen LogP contribution in [0.1, 0.15) is 11.1 Å². The van der Waals surface area contributed by atoms with Gasteiger partial charge in [-0.3, -0.25) is 0 Å². The summed E-state index contributed by atoms with van der Waals surface area (Å²) in [5.41, 5.74) is 7.03. The highest BCUT2D eigenvalue weighted by molar-refractivity contribution is 6.05. The van der Waals surface area contributed by atoms with Crippen LogP contribution < -0.4 is 0 Å². The maximum absolute atomic E-state index is 5.92. The lowest BCUT2D eigenvalue weighted by molar-refractivity contribution is 0.669. The van der Waals surface area contributed by atoms with E-state index in [0.29, 0.717) is 0 Å². The largest absolute Gasteiger partial charge is 0.456 e. The van der Waals surface area contributed by atoms with Gasteiger partial charge in [-0.25, -0.2) is 0 Å². The molecule has 0 bridgehead atoms. The van der Waals surface area contributed by atoms with Crippen molar-refractivity contribution in [1.82, 2.24) is 0 Å². The van der Waals surface area contributed by atoms with Crippen molar-refractivity contribution in [2.45, 2.75) is 6.42 Å². The molecular formula is C25H18O. The van der Waals surface area contributed by atoms with Gasteiger partial charge in [0, 0.05) is 10.8 Å². The highest BCUT2D eigenvalue weighted by Gasteiger charge is 2.07. The predicted molar refractivity (Wildman–Crippen MR) is 108 cm³/mol. The van der Waals surface area contributed by atoms with Gasteiger partial charge in [0.25, 0.3) is 0 Å². The number of rotatable bonds is 3. The van der Waals surface area contributed by atoms with Crippen LogP contribution in [-0.2, 0) is 6.42 Å². The molecule has 0 amide bonds. The molecule has 0 saturated carbocycles. The third kappa shape index (κ3) is 2.68. The van der Waals surface area contributed by atoms with Crippen molar-refractivity contribution in [3.8, 4) is 11.1 Å². The SMILES string of the molecule is c1ccc(-c2ccc(Cc3ccc4oc5ccccc5c4c3)cc2)cc1. The van der Waals surface area contributed by atoms with Gasteiger partial charge in [0.05, 0.1) is 0 Å². The average molecular weight is 334 g/mol. The maximum atomic E-state index is 5.92. The lowest BCUT2D eigenvalue weighted by Crippen LogP contribution is -1.88. The number of hydrogen-bond donors (Lipinski definition) is 0. The van der Waals surface area contributed by atoms with E-state index >= 15 is 0 Å². The van der Waals surface area contributed by atoms with Crippen molar-refractivity contribution < 1.29 is 4.42 Å².